The van der Waals surface area contributed by atoms with Crippen LogP contribution in [0, 0.1) is 0 Å². The number of aliphatic hydroxyl groups excluding tert-OH is 2. The maximum Gasteiger partial charge on any atom is 0.0990 e. The van der Waals surface area contributed by atoms with Crippen LogP contribution in [0.3, 0.4) is 0 Å². The van der Waals surface area contributed by atoms with E-state index in [4.69, 9.17) is 11.5 Å². The summed E-state index contributed by atoms with van der Waals surface area (Å²) < 4.78 is 1.84. The van der Waals surface area contributed by atoms with E-state index in [2.05, 4.69) is 62.3 Å². The second-order valence-corrected chi connectivity index (χ2v) is 12.6. The van der Waals surface area contributed by atoms with E-state index in [-0.39, 0.29) is 12.2 Å². The molecule has 4 atom stereocenters. The van der Waals surface area contributed by atoms with E-state index in [0.29, 0.717) is 25.2 Å². The van der Waals surface area contributed by atoms with Gasteiger partial charge in [-0.15, -0.1) is 0 Å². The predicted octanol–water partition coefficient (Wildman–Crippen LogP) is 1.97. The fraction of sp³-hybridized carbons (Fsp3) is 0.586. The minimum absolute atomic E-state index is 0.288. The number of nitrogen functional groups attached to an aromatic ring is 2. The lowest BCUT2D eigenvalue weighted by Gasteiger charge is -2.39. The van der Waals surface area contributed by atoms with Gasteiger partial charge in [0.05, 0.1) is 78.7 Å². The van der Waals surface area contributed by atoms with Crippen molar-refractivity contribution in [3.05, 3.63) is 48.5 Å². The Morgan fingerprint density at radius 2 is 1.03 bits per heavy atom. The Hall–Kier alpha value is -2.52. The Labute approximate surface area is 222 Å². The molecule has 2 aromatic carbocycles. The van der Waals surface area contributed by atoms with E-state index < -0.39 is 0 Å². The Kier molecular flexibility index (Phi) is 8.23. The lowest BCUT2D eigenvalue weighted by molar-refractivity contribution is -0.910. The normalized spacial score (nSPS) is 24.7. The van der Waals surface area contributed by atoms with Crippen molar-refractivity contribution < 1.29 is 19.2 Å². The molecule has 2 aromatic rings. The van der Waals surface area contributed by atoms with E-state index in [9.17, 15) is 10.2 Å². The molecular weight excluding hydrogens is 464 g/mol. The summed E-state index contributed by atoms with van der Waals surface area (Å²) >= 11 is 0. The third-order valence-corrected chi connectivity index (χ3v) is 8.17. The lowest BCUT2D eigenvalue weighted by Crippen LogP contribution is -2.53. The summed E-state index contributed by atoms with van der Waals surface area (Å²) in [6, 6.07) is 16.6. The molecule has 2 fully saturated rings. The van der Waals surface area contributed by atoms with Gasteiger partial charge in [-0.1, -0.05) is 0 Å². The molecule has 4 unspecified atom stereocenters. The van der Waals surface area contributed by atoms with Crippen LogP contribution in [0.15, 0.2) is 48.5 Å². The summed E-state index contributed by atoms with van der Waals surface area (Å²) in [5.41, 5.74) is 15.6. The molecular formula is C29H48N6O2+2. The molecule has 0 spiro atoms. The summed E-state index contributed by atoms with van der Waals surface area (Å²) in [6.45, 7) is 5.51. The van der Waals surface area contributed by atoms with Crippen LogP contribution in [-0.2, 0) is 0 Å². The predicted molar refractivity (Wildman–Crippen MR) is 154 cm³/mol. The number of hydrogen-bond acceptors (Lipinski definition) is 6. The second kappa shape index (κ2) is 11.1. The van der Waals surface area contributed by atoms with E-state index in [1.807, 2.05) is 24.3 Å². The minimum atomic E-state index is -0.288. The summed E-state index contributed by atoms with van der Waals surface area (Å²) in [5.74, 6) is 0. The summed E-state index contributed by atoms with van der Waals surface area (Å²) in [6.07, 6.45) is 2.15. The number of aliphatic hydroxyl groups is 2. The summed E-state index contributed by atoms with van der Waals surface area (Å²) in [4.78, 5) is 4.70. The van der Waals surface area contributed by atoms with Gasteiger partial charge in [0.15, 0.2) is 0 Å². The highest BCUT2D eigenvalue weighted by Crippen LogP contribution is 2.29. The Morgan fingerprint density at radius 1 is 0.676 bits per heavy atom. The molecule has 2 heterocycles. The molecule has 2 saturated heterocycles. The van der Waals surface area contributed by atoms with Crippen LogP contribution in [0.1, 0.15) is 19.3 Å². The molecule has 8 heteroatoms. The minimum Gasteiger partial charge on any atom is -0.399 e. The van der Waals surface area contributed by atoms with Gasteiger partial charge in [-0.05, 0) is 48.5 Å². The second-order valence-electron chi connectivity index (χ2n) is 12.6. The number of rotatable bonds is 10. The molecule has 0 aliphatic carbocycles. The number of likely N-dealkylation sites (N-methyl/N-ethyl adjacent to an activating group) is 2. The molecule has 0 aromatic heterocycles. The largest absolute Gasteiger partial charge is 0.399 e. The van der Waals surface area contributed by atoms with Gasteiger partial charge in [-0.3, -0.25) is 0 Å². The van der Waals surface area contributed by atoms with Crippen molar-refractivity contribution >= 4 is 22.7 Å². The zero-order valence-electron chi connectivity index (χ0n) is 23.1. The SMILES string of the molecule is C[N+](C)(CCC[N+](C)(C)CC1CC(O)CN1c1ccc(N)cc1)CC1CC(O)CN1c1ccc(N)cc1. The van der Waals surface area contributed by atoms with Crippen LogP contribution in [0.4, 0.5) is 22.7 Å². The molecule has 2 aliphatic rings. The van der Waals surface area contributed by atoms with Crippen molar-refractivity contribution in [1.29, 1.82) is 0 Å². The quantitative estimate of drug-likeness (QED) is 0.287. The highest BCUT2D eigenvalue weighted by molar-refractivity contribution is 5.55. The number of quaternary nitrogens is 2. The van der Waals surface area contributed by atoms with Crippen molar-refractivity contribution in [2.75, 3.05) is 88.7 Å². The highest BCUT2D eigenvalue weighted by atomic mass is 16.3. The van der Waals surface area contributed by atoms with Crippen LogP contribution in [0.25, 0.3) is 0 Å². The van der Waals surface area contributed by atoms with Crippen molar-refractivity contribution in [3.8, 4) is 0 Å². The van der Waals surface area contributed by atoms with Crippen molar-refractivity contribution in [1.82, 2.24) is 0 Å². The van der Waals surface area contributed by atoms with Gasteiger partial charge < -0.3 is 40.4 Å². The lowest BCUT2D eigenvalue weighted by atomic mass is 10.1. The average molecular weight is 513 g/mol. The van der Waals surface area contributed by atoms with Crippen molar-refractivity contribution in [3.63, 3.8) is 0 Å². The van der Waals surface area contributed by atoms with E-state index in [1.165, 1.54) is 0 Å². The van der Waals surface area contributed by atoms with E-state index in [0.717, 1.165) is 77.2 Å². The molecule has 4 rings (SSSR count). The van der Waals surface area contributed by atoms with Gasteiger partial charge in [-0.25, -0.2) is 0 Å². The molecule has 204 valence electrons. The third kappa shape index (κ3) is 7.29. The zero-order chi connectivity index (χ0) is 26.8. The molecule has 0 bridgehead atoms. The zero-order valence-corrected chi connectivity index (χ0v) is 23.1. The molecule has 37 heavy (non-hydrogen) atoms. The van der Waals surface area contributed by atoms with Crippen LogP contribution < -0.4 is 21.3 Å². The highest BCUT2D eigenvalue weighted by Gasteiger charge is 2.37. The molecule has 8 nitrogen and oxygen atoms in total. The summed E-state index contributed by atoms with van der Waals surface area (Å²) in [7, 11) is 9.23. The maximum absolute atomic E-state index is 10.4. The number of anilines is 4. The molecule has 0 amide bonds. The molecule has 2 aliphatic heterocycles. The van der Waals surface area contributed by atoms with E-state index >= 15 is 0 Å². The number of hydrogen-bond donors (Lipinski definition) is 4. The maximum atomic E-state index is 10.4. The Morgan fingerprint density at radius 3 is 1.38 bits per heavy atom. The van der Waals surface area contributed by atoms with Gasteiger partial charge in [0, 0.05) is 55.1 Å². The number of nitrogens with zero attached hydrogens (tertiary/aromatic N) is 4. The Bertz CT molecular complexity index is 929. The van der Waals surface area contributed by atoms with Crippen molar-refractivity contribution in [2.45, 2.75) is 43.6 Å². The fourth-order valence-corrected chi connectivity index (χ4v) is 6.34. The van der Waals surface area contributed by atoms with Gasteiger partial charge in [0.2, 0.25) is 0 Å². The monoisotopic (exact) mass is 512 g/mol. The molecule has 0 radical (unpaired) electrons. The van der Waals surface area contributed by atoms with Crippen LogP contribution in [0.2, 0.25) is 0 Å². The topological polar surface area (TPSA) is 99.0 Å². The van der Waals surface area contributed by atoms with Gasteiger partial charge in [0.25, 0.3) is 0 Å². The van der Waals surface area contributed by atoms with Crippen molar-refractivity contribution in [2.24, 2.45) is 0 Å². The number of benzene rings is 2. The van der Waals surface area contributed by atoms with Gasteiger partial charge >= 0.3 is 0 Å². The smallest absolute Gasteiger partial charge is 0.0990 e. The van der Waals surface area contributed by atoms with Crippen LogP contribution in [-0.4, -0.2) is 111 Å². The number of nitrogens with two attached hydrogens (primary N) is 2. The first-order chi connectivity index (χ1) is 17.4. The van der Waals surface area contributed by atoms with E-state index in [1.54, 1.807) is 0 Å². The first-order valence-corrected chi connectivity index (χ1v) is 13.7. The third-order valence-electron chi connectivity index (χ3n) is 8.17. The van der Waals surface area contributed by atoms with Crippen LogP contribution >= 0.6 is 0 Å². The van der Waals surface area contributed by atoms with Gasteiger partial charge in [-0.2, -0.15) is 0 Å². The van der Waals surface area contributed by atoms with Crippen LogP contribution in [0.5, 0.6) is 0 Å². The molecule has 6 N–H and O–H groups in total. The molecule has 0 saturated carbocycles. The Balaban J connectivity index is 1.31. The number of β-amino-alcohol motifs (C(OH)–C–C–N with tert-alkyl or cyclic N) is 2. The first-order valence-electron chi connectivity index (χ1n) is 13.7. The first kappa shape index (κ1) is 27.5. The average Bonchev–Trinajstić information content (AvgIpc) is 3.35. The standard InChI is InChI=1S/C29H48N6O2/c1-34(2,20-26-16-28(36)18-32(26)24-10-6-22(30)7-11-24)14-5-15-35(3,4)21-27-17-29(37)19-33(27)25-12-8-23(31)9-13-25/h6-13,26-29,36-37H,5,14-21,30-31H2,1-4H3/q+2. The van der Waals surface area contributed by atoms with Gasteiger partial charge in [0.1, 0.15) is 0 Å². The fourth-order valence-electron chi connectivity index (χ4n) is 6.34. The summed E-state index contributed by atoms with van der Waals surface area (Å²) in [5, 5.41) is 20.9.